The molecule has 1 amide bonds. The van der Waals surface area contributed by atoms with E-state index in [1.807, 2.05) is 44.2 Å². The lowest BCUT2D eigenvalue weighted by atomic mass is 10.1. The summed E-state index contributed by atoms with van der Waals surface area (Å²) in [6, 6.07) is 15.0. The summed E-state index contributed by atoms with van der Waals surface area (Å²) >= 11 is 1.35. The molecular weight excluding hydrogens is 344 g/mol. The maximum absolute atomic E-state index is 13.0. The van der Waals surface area contributed by atoms with Crippen LogP contribution in [0.3, 0.4) is 0 Å². The third-order valence-corrected chi connectivity index (χ3v) is 5.33. The molecule has 1 atom stereocenters. The highest BCUT2D eigenvalue weighted by Crippen LogP contribution is 2.36. The van der Waals surface area contributed by atoms with Crippen LogP contribution < -0.4 is 0 Å². The zero-order valence-corrected chi connectivity index (χ0v) is 16.0. The number of hydrogen-bond acceptors (Lipinski definition) is 4. The van der Waals surface area contributed by atoms with E-state index in [0.717, 1.165) is 12.1 Å². The van der Waals surface area contributed by atoms with Crippen LogP contribution >= 0.6 is 11.8 Å². The minimum Gasteiger partial charge on any atom is -0.507 e. The van der Waals surface area contributed by atoms with E-state index >= 15 is 0 Å². The average Bonchev–Trinajstić information content (AvgIpc) is 2.93. The van der Waals surface area contributed by atoms with Crippen molar-refractivity contribution in [3.8, 4) is 5.75 Å². The first-order valence-corrected chi connectivity index (χ1v) is 9.47. The molecule has 0 unspecified atom stereocenters. The largest absolute Gasteiger partial charge is 0.507 e. The van der Waals surface area contributed by atoms with Crippen molar-refractivity contribution in [2.24, 2.45) is 4.99 Å². The molecule has 1 N–H and O–H groups in total. The number of phenols is 1. The number of amides is 1. The van der Waals surface area contributed by atoms with Crippen LogP contribution in [0.5, 0.6) is 5.75 Å². The molecule has 1 aliphatic rings. The number of thioether (sulfide) groups is 1. The number of benzene rings is 2. The summed E-state index contributed by atoms with van der Waals surface area (Å²) in [4.78, 5) is 20.0. The Kier molecular flexibility index (Phi) is 5.47. The standard InChI is InChI=1S/C21H22N2O2S/c1-4-15(3)23-20(25)19(13-16-7-5-6-8-18(16)24)26-21(23)22-17-11-9-14(2)10-12-17/h5-13,15,24H,4H2,1-3H3/b19-13+,22-21?/t15-/m0/s1. The smallest absolute Gasteiger partial charge is 0.267 e. The van der Waals surface area contributed by atoms with E-state index in [1.165, 1.54) is 17.3 Å². The quantitative estimate of drug-likeness (QED) is 0.766. The van der Waals surface area contributed by atoms with Crippen molar-refractivity contribution in [3.63, 3.8) is 0 Å². The van der Waals surface area contributed by atoms with E-state index in [9.17, 15) is 9.90 Å². The van der Waals surface area contributed by atoms with Crippen LogP contribution in [0.4, 0.5) is 5.69 Å². The normalized spacial score (nSPS) is 18.7. The van der Waals surface area contributed by atoms with E-state index in [-0.39, 0.29) is 17.7 Å². The Labute approximate surface area is 158 Å². The van der Waals surface area contributed by atoms with Crippen LogP contribution in [0.1, 0.15) is 31.4 Å². The molecule has 3 rings (SSSR count). The number of hydrogen-bond donors (Lipinski definition) is 1. The topological polar surface area (TPSA) is 52.9 Å². The second kappa shape index (κ2) is 7.79. The Hall–Kier alpha value is -2.53. The molecule has 134 valence electrons. The van der Waals surface area contributed by atoms with Gasteiger partial charge in [0.25, 0.3) is 5.91 Å². The van der Waals surface area contributed by atoms with Crippen LogP contribution in [0.15, 0.2) is 58.4 Å². The molecular formula is C21H22N2O2S. The lowest BCUT2D eigenvalue weighted by Gasteiger charge is -2.22. The van der Waals surface area contributed by atoms with Crippen molar-refractivity contribution in [2.45, 2.75) is 33.2 Å². The van der Waals surface area contributed by atoms with E-state index in [1.54, 1.807) is 29.2 Å². The molecule has 0 bridgehead atoms. The number of carbonyl (C=O) groups is 1. The van der Waals surface area contributed by atoms with Crippen LogP contribution in [-0.4, -0.2) is 27.1 Å². The number of aryl methyl sites for hydroxylation is 1. The summed E-state index contributed by atoms with van der Waals surface area (Å²) in [5.41, 5.74) is 2.62. The van der Waals surface area contributed by atoms with Gasteiger partial charge in [-0.2, -0.15) is 0 Å². The fourth-order valence-corrected chi connectivity index (χ4v) is 3.70. The van der Waals surface area contributed by atoms with Gasteiger partial charge < -0.3 is 5.11 Å². The van der Waals surface area contributed by atoms with Gasteiger partial charge in [-0.1, -0.05) is 42.8 Å². The Balaban J connectivity index is 1.99. The maximum Gasteiger partial charge on any atom is 0.267 e. The zero-order valence-electron chi connectivity index (χ0n) is 15.1. The van der Waals surface area contributed by atoms with Gasteiger partial charge in [0.2, 0.25) is 0 Å². The van der Waals surface area contributed by atoms with Gasteiger partial charge in [0.15, 0.2) is 5.17 Å². The fraction of sp³-hybridized carbons (Fsp3) is 0.238. The number of aromatic hydroxyl groups is 1. The van der Waals surface area contributed by atoms with Crippen molar-refractivity contribution < 1.29 is 9.90 Å². The van der Waals surface area contributed by atoms with E-state index < -0.39 is 0 Å². The highest BCUT2D eigenvalue weighted by atomic mass is 32.2. The molecule has 1 heterocycles. The first-order valence-electron chi connectivity index (χ1n) is 8.66. The van der Waals surface area contributed by atoms with Crippen molar-refractivity contribution in [1.29, 1.82) is 0 Å². The van der Waals surface area contributed by atoms with Gasteiger partial charge in [0.05, 0.1) is 10.6 Å². The molecule has 26 heavy (non-hydrogen) atoms. The third kappa shape index (κ3) is 3.83. The molecule has 0 aromatic heterocycles. The summed E-state index contributed by atoms with van der Waals surface area (Å²) in [6.45, 7) is 6.10. The number of para-hydroxylation sites is 1. The van der Waals surface area contributed by atoms with Gasteiger partial charge in [-0.05, 0) is 56.3 Å². The number of nitrogens with zero attached hydrogens (tertiary/aromatic N) is 2. The van der Waals surface area contributed by atoms with Crippen molar-refractivity contribution >= 4 is 34.6 Å². The summed E-state index contributed by atoms with van der Waals surface area (Å²) in [6.07, 6.45) is 2.57. The first kappa shape index (κ1) is 18.3. The molecule has 0 spiro atoms. The van der Waals surface area contributed by atoms with E-state index in [4.69, 9.17) is 4.99 Å². The summed E-state index contributed by atoms with van der Waals surface area (Å²) < 4.78 is 0. The molecule has 2 aromatic carbocycles. The van der Waals surface area contributed by atoms with Crippen molar-refractivity contribution in [2.75, 3.05) is 0 Å². The molecule has 0 saturated carbocycles. The van der Waals surface area contributed by atoms with Crippen molar-refractivity contribution in [1.82, 2.24) is 4.90 Å². The van der Waals surface area contributed by atoms with Gasteiger partial charge in [0.1, 0.15) is 5.75 Å². The molecule has 0 aliphatic carbocycles. The van der Waals surface area contributed by atoms with E-state index in [2.05, 4.69) is 6.92 Å². The van der Waals surface area contributed by atoms with Crippen LogP contribution in [0, 0.1) is 6.92 Å². The monoisotopic (exact) mass is 366 g/mol. The fourth-order valence-electron chi connectivity index (χ4n) is 2.62. The minimum atomic E-state index is -0.0709. The highest BCUT2D eigenvalue weighted by molar-refractivity contribution is 8.18. The van der Waals surface area contributed by atoms with Crippen molar-refractivity contribution in [3.05, 3.63) is 64.6 Å². The van der Waals surface area contributed by atoms with Gasteiger partial charge in [-0.25, -0.2) is 4.99 Å². The van der Waals surface area contributed by atoms with Gasteiger partial charge in [-0.15, -0.1) is 0 Å². The van der Waals surface area contributed by atoms with Crippen LogP contribution in [0.2, 0.25) is 0 Å². The summed E-state index contributed by atoms with van der Waals surface area (Å²) in [5.74, 6) is 0.0888. The SMILES string of the molecule is CC[C@H](C)N1C(=O)/C(=C\c2ccccc2O)SC1=Nc1ccc(C)cc1. The molecule has 1 saturated heterocycles. The molecule has 2 aromatic rings. The zero-order chi connectivity index (χ0) is 18.7. The van der Waals surface area contributed by atoms with Crippen LogP contribution in [0.25, 0.3) is 6.08 Å². The lowest BCUT2D eigenvalue weighted by molar-refractivity contribution is -0.123. The van der Waals surface area contributed by atoms with Gasteiger partial charge in [0, 0.05) is 11.6 Å². The van der Waals surface area contributed by atoms with E-state index in [0.29, 0.717) is 15.6 Å². The van der Waals surface area contributed by atoms with Gasteiger partial charge >= 0.3 is 0 Å². The molecule has 1 fully saturated rings. The molecule has 5 heteroatoms. The number of rotatable bonds is 4. The lowest BCUT2D eigenvalue weighted by Crippen LogP contribution is -2.36. The predicted molar refractivity (Wildman–Crippen MR) is 109 cm³/mol. The molecule has 0 radical (unpaired) electrons. The van der Waals surface area contributed by atoms with Gasteiger partial charge in [-0.3, -0.25) is 9.69 Å². The summed E-state index contributed by atoms with van der Waals surface area (Å²) in [5, 5.41) is 10.7. The Morgan fingerprint density at radius 3 is 2.54 bits per heavy atom. The highest BCUT2D eigenvalue weighted by Gasteiger charge is 2.36. The predicted octanol–water partition coefficient (Wildman–Crippen LogP) is 5.10. The third-order valence-electron chi connectivity index (χ3n) is 4.35. The number of aliphatic imine (C=N–C) groups is 1. The first-order chi connectivity index (χ1) is 12.5. The Morgan fingerprint density at radius 1 is 1.19 bits per heavy atom. The second-order valence-corrected chi connectivity index (χ2v) is 7.34. The van der Waals surface area contributed by atoms with Crippen LogP contribution in [-0.2, 0) is 4.79 Å². The Morgan fingerprint density at radius 2 is 1.88 bits per heavy atom. The maximum atomic E-state index is 13.0. The number of amidine groups is 1. The average molecular weight is 366 g/mol. The number of phenolic OH excluding ortho intramolecular Hbond substituents is 1. The Bertz CT molecular complexity index is 872. The second-order valence-electron chi connectivity index (χ2n) is 6.33. The molecule has 4 nitrogen and oxygen atoms in total. The number of carbonyl (C=O) groups excluding carboxylic acids is 1. The molecule has 1 aliphatic heterocycles. The minimum absolute atomic E-state index is 0.0504. The summed E-state index contributed by atoms with van der Waals surface area (Å²) in [7, 11) is 0.